The molecule has 0 saturated heterocycles. The van der Waals surface area contributed by atoms with Crippen LogP contribution < -0.4 is 5.32 Å². The summed E-state index contributed by atoms with van der Waals surface area (Å²) in [5.41, 5.74) is 2.25. The first-order valence-corrected chi connectivity index (χ1v) is 5.90. The third kappa shape index (κ3) is 1.82. The minimum atomic E-state index is 0.768. The molecule has 0 spiro atoms. The van der Waals surface area contributed by atoms with Gasteiger partial charge in [-0.3, -0.25) is 4.98 Å². The molecule has 18 heavy (non-hydrogen) atoms. The maximum atomic E-state index is 4.46. The van der Waals surface area contributed by atoms with E-state index in [0.29, 0.717) is 0 Å². The van der Waals surface area contributed by atoms with Gasteiger partial charge < -0.3 is 9.88 Å². The van der Waals surface area contributed by atoms with Crippen molar-refractivity contribution in [3.63, 3.8) is 0 Å². The second-order valence-electron chi connectivity index (χ2n) is 4.12. The highest BCUT2D eigenvalue weighted by Gasteiger charge is 2.05. The van der Waals surface area contributed by atoms with Crippen LogP contribution in [0.15, 0.2) is 48.9 Å². The Hall–Kier alpha value is -2.36. The summed E-state index contributed by atoms with van der Waals surface area (Å²) in [6.07, 6.45) is 5.59. The highest BCUT2D eigenvalue weighted by atomic mass is 15.2. The molecule has 2 heterocycles. The van der Waals surface area contributed by atoms with E-state index in [1.165, 1.54) is 10.9 Å². The number of aromatic nitrogens is 3. The van der Waals surface area contributed by atoms with Crippen molar-refractivity contribution in [1.82, 2.24) is 14.5 Å². The van der Waals surface area contributed by atoms with E-state index >= 15 is 0 Å². The van der Waals surface area contributed by atoms with Crippen LogP contribution in [-0.4, -0.2) is 21.6 Å². The summed E-state index contributed by atoms with van der Waals surface area (Å²) in [5.74, 6) is 0.864. The van der Waals surface area contributed by atoms with Crippen molar-refractivity contribution in [3.05, 3.63) is 54.5 Å². The minimum Gasteiger partial charge on any atom is -0.359 e. The van der Waals surface area contributed by atoms with Gasteiger partial charge in [0, 0.05) is 31.0 Å². The van der Waals surface area contributed by atoms with Gasteiger partial charge in [-0.25, -0.2) is 4.98 Å². The molecule has 2 aromatic heterocycles. The monoisotopic (exact) mass is 238 g/mol. The lowest BCUT2D eigenvalue weighted by atomic mass is 10.1. The highest BCUT2D eigenvalue weighted by molar-refractivity contribution is 5.81. The number of nitrogens with zero attached hydrogens (tertiary/aromatic N) is 3. The summed E-state index contributed by atoms with van der Waals surface area (Å²) < 4.78 is 2.07. The van der Waals surface area contributed by atoms with E-state index in [9.17, 15) is 0 Å². The summed E-state index contributed by atoms with van der Waals surface area (Å²) in [5, 5.41) is 4.24. The molecular weight excluding hydrogens is 224 g/mol. The van der Waals surface area contributed by atoms with Crippen LogP contribution in [0.2, 0.25) is 0 Å². The zero-order valence-electron chi connectivity index (χ0n) is 10.2. The lowest BCUT2D eigenvalue weighted by molar-refractivity contribution is 0.809. The average molecular weight is 238 g/mol. The minimum absolute atomic E-state index is 0.768. The van der Waals surface area contributed by atoms with Crippen molar-refractivity contribution in [3.8, 4) is 0 Å². The number of para-hydroxylation sites is 1. The molecule has 0 radical (unpaired) electrons. The molecule has 4 heteroatoms. The molecule has 90 valence electrons. The van der Waals surface area contributed by atoms with Crippen molar-refractivity contribution in [2.24, 2.45) is 0 Å². The molecule has 0 aliphatic rings. The predicted octanol–water partition coefficient (Wildman–Crippen LogP) is 2.52. The summed E-state index contributed by atoms with van der Waals surface area (Å²) in [7, 11) is 1.88. The molecule has 3 aromatic rings. The molecular formula is C14H14N4. The lowest BCUT2D eigenvalue weighted by Crippen LogP contribution is -2.04. The molecule has 0 aliphatic heterocycles. The van der Waals surface area contributed by atoms with E-state index in [2.05, 4.69) is 44.1 Å². The van der Waals surface area contributed by atoms with Gasteiger partial charge in [-0.1, -0.05) is 24.3 Å². The van der Waals surface area contributed by atoms with Crippen LogP contribution in [0.5, 0.6) is 0 Å². The number of pyridine rings is 1. The highest BCUT2D eigenvalue weighted by Crippen LogP contribution is 2.18. The van der Waals surface area contributed by atoms with Gasteiger partial charge >= 0.3 is 0 Å². The van der Waals surface area contributed by atoms with E-state index in [4.69, 9.17) is 0 Å². The Kier molecular flexibility index (Phi) is 2.68. The molecule has 0 amide bonds. The number of hydrogen-bond acceptors (Lipinski definition) is 3. The number of nitrogens with one attached hydrogen (secondary N) is 1. The summed E-state index contributed by atoms with van der Waals surface area (Å²) in [6, 6.07) is 10.3. The van der Waals surface area contributed by atoms with Crippen LogP contribution in [0, 0.1) is 0 Å². The second-order valence-corrected chi connectivity index (χ2v) is 4.12. The van der Waals surface area contributed by atoms with Crippen LogP contribution in [0.4, 0.5) is 5.95 Å². The number of fused-ring (bicyclic) bond motifs is 1. The molecule has 0 fully saturated rings. The topological polar surface area (TPSA) is 42.7 Å². The van der Waals surface area contributed by atoms with Gasteiger partial charge in [-0.15, -0.1) is 0 Å². The number of anilines is 1. The molecule has 3 rings (SSSR count). The fraction of sp³-hybridized carbons (Fsp3) is 0.143. The Morgan fingerprint density at radius 3 is 2.89 bits per heavy atom. The zero-order chi connectivity index (χ0) is 12.4. The van der Waals surface area contributed by atoms with Crippen LogP contribution in [0.3, 0.4) is 0 Å². The molecule has 0 bridgehead atoms. The van der Waals surface area contributed by atoms with Gasteiger partial charge in [-0.05, 0) is 11.6 Å². The Bertz CT molecular complexity index is 667. The van der Waals surface area contributed by atoms with Crippen molar-refractivity contribution in [2.45, 2.75) is 6.54 Å². The standard InChI is InChI=1S/C14H14N4/c1-15-14-17-8-9-18(14)10-12-5-2-4-11-6-3-7-16-13(11)12/h2-9H,10H2,1H3,(H,15,17). The molecule has 0 unspecified atom stereocenters. The normalized spacial score (nSPS) is 10.7. The number of hydrogen-bond donors (Lipinski definition) is 1. The summed E-state index contributed by atoms with van der Waals surface area (Å²) in [4.78, 5) is 8.71. The SMILES string of the molecule is CNc1nccn1Cc1cccc2cccnc12. The van der Waals surface area contributed by atoms with Crippen LogP contribution in [-0.2, 0) is 6.54 Å². The van der Waals surface area contributed by atoms with Crippen LogP contribution >= 0.6 is 0 Å². The third-order valence-corrected chi connectivity index (χ3v) is 3.00. The molecule has 0 saturated carbocycles. The molecule has 0 atom stereocenters. The summed E-state index contributed by atoms with van der Waals surface area (Å²) in [6.45, 7) is 0.768. The molecule has 1 N–H and O–H groups in total. The van der Waals surface area contributed by atoms with E-state index < -0.39 is 0 Å². The van der Waals surface area contributed by atoms with Gasteiger partial charge in [0.2, 0.25) is 5.95 Å². The van der Waals surface area contributed by atoms with E-state index in [0.717, 1.165) is 18.0 Å². The second kappa shape index (κ2) is 4.49. The fourth-order valence-corrected chi connectivity index (χ4v) is 2.14. The lowest BCUT2D eigenvalue weighted by Gasteiger charge is -2.09. The van der Waals surface area contributed by atoms with Gasteiger partial charge in [0.15, 0.2) is 0 Å². The van der Waals surface area contributed by atoms with Crippen molar-refractivity contribution < 1.29 is 0 Å². The maximum absolute atomic E-state index is 4.46. The predicted molar refractivity (Wildman–Crippen MR) is 72.6 cm³/mol. The smallest absolute Gasteiger partial charge is 0.202 e. The number of benzene rings is 1. The van der Waals surface area contributed by atoms with Gasteiger partial charge in [0.25, 0.3) is 0 Å². The van der Waals surface area contributed by atoms with Crippen LogP contribution in [0.25, 0.3) is 10.9 Å². The average Bonchev–Trinajstić information content (AvgIpc) is 2.86. The first-order chi connectivity index (χ1) is 8.88. The van der Waals surface area contributed by atoms with Crippen LogP contribution in [0.1, 0.15) is 5.56 Å². The molecule has 0 aliphatic carbocycles. The zero-order valence-corrected chi connectivity index (χ0v) is 10.2. The van der Waals surface area contributed by atoms with Gasteiger partial charge in [0.05, 0.1) is 12.1 Å². The van der Waals surface area contributed by atoms with Gasteiger partial charge in [0.1, 0.15) is 0 Å². The third-order valence-electron chi connectivity index (χ3n) is 3.00. The van der Waals surface area contributed by atoms with Gasteiger partial charge in [-0.2, -0.15) is 0 Å². The first-order valence-electron chi connectivity index (χ1n) is 5.90. The maximum Gasteiger partial charge on any atom is 0.202 e. The number of imidazole rings is 1. The molecule has 4 nitrogen and oxygen atoms in total. The van der Waals surface area contributed by atoms with E-state index in [1.54, 1.807) is 6.20 Å². The largest absolute Gasteiger partial charge is 0.359 e. The first kappa shape index (κ1) is 10.8. The quantitative estimate of drug-likeness (QED) is 0.762. The molecule has 1 aromatic carbocycles. The Morgan fingerprint density at radius 1 is 1.11 bits per heavy atom. The Balaban J connectivity index is 2.05. The number of rotatable bonds is 3. The van der Waals surface area contributed by atoms with Crippen molar-refractivity contribution in [2.75, 3.05) is 12.4 Å². The van der Waals surface area contributed by atoms with Crippen molar-refractivity contribution >= 4 is 16.9 Å². The van der Waals surface area contributed by atoms with E-state index in [1.807, 2.05) is 25.5 Å². The summed E-state index contributed by atoms with van der Waals surface area (Å²) >= 11 is 0. The Morgan fingerprint density at radius 2 is 2.00 bits per heavy atom. The fourth-order valence-electron chi connectivity index (χ4n) is 2.14. The van der Waals surface area contributed by atoms with Crippen molar-refractivity contribution in [1.29, 1.82) is 0 Å². The van der Waals surface area contributed by atoms with E-state index in [-0.39, 0.29) is 0 Å². The Labute approximate surface area is 105 Å².